The molecule has 0 bridgehead atoms. The first-order valence-electron chi connectivity index (χ1n) is 5.72. The van der Waals surface area contributed by atoms with Crippen molar-refractivity contribution in [3.05, 3.63) is 35.1 Å². The average Bonchev–Trinajstić information content (AvgIpc) is 2.15. The minimum atomic E-state index is -1.44. The Morgan fingerprint density at radius 1 is 1.38 bits per heavy atom. The van der Waals surface area contributed by atoms with E-state index >= 15 is 0 Å². The van der Waals surface area contributed by atoms with Crippen molar-refractivity contribution in [3.8, 4) is 0 Å². The third-order valence-electron chi connectivity index (χ3n) is 3.29. The number of aryl methyl sites for hydroxylation is 1. The topological polar surface area (TPSA) is 26.0 Å². The van der Waals surface area contributed by atoms with Gasteiger partial charge in [-0.05, 0) is 49.4 Å². The van der Waals surface area contributed by atoms with Crippen molar-refractivity contribution in [2.45, 2.75) is 44.3 Å². The lowest BCUT2D eigenvalue weighted by molar-refractivity contribution is 0.0943. The van der Waals surface area contributed by atoms with E-state index in [1.807, 2.05) is 0 Å². The summed E-state index contributed by atoms with van der Waals surface area (Å²) < 4.78 is 27.9. The lowest BCUT2D eigenvalue weighted by atomic mass is 9.78. The monoisotopic (exact) mass is 225 g/mol. The molecule has 2 N–H and O–H groups in total. The molecule has 0 amide bonds. The van der Waals surface area contributed by atoms with Crippen LogP contribution in [-0.4, -0.2) is 6.04 Å². The number of hydrogen-bond donors (Lipinski definition) is 1. The highest BCUT2D eigenvalue weighted by Gasteiger charge is 2.37. The molecule has 88 valence electrons. The van der Waals surface area contributed by atoms with Crippen molar-refractivity contribution in [3.63, 3.8) is 0 Å². The lowest BCUT2D eigenvalue weighted by Crippen LogP contribution is -2.36. The first kappa shape index (κ1) is 11.5. The Balaban J connectivity index is 2.34. The van der Waals surface area contributed by atoms with E-state index < -0.39 is 5.67 Å². The number of alkyl halides is 1. The van der Waals surface area contributed by atoms with Gasteiger partial charge in [0.25, 0.3) is 0 Å². The summed E-state index contributed by atoms with van der Waals surface area (Å²) in [5.74, 6) is -0.369. The van der Waals surface area contributed by atoms with Gasteiger partial charge in [-0.15, -0.1) is 0 Å². The summed E-state index contributed by atoms with van der Waals surface area (Å²) in [4.78, 5) is 0. The van der Waals surface area contributed by atoms with Gasteiger partial charge in [-0.25, -0.2) is 8.78 Å². The molecule has 1 aromatic rings. The molecule has 0 aliphatic heterocycles. The fraction of sp³-hybridized carbons (Fsp3) is 0.538. The molecule has 0 radical (unpaired) electrons. The van der Waals surface area contributed by atoms with Gasteiger partial charge in [0.05, 0.1) is 0 Å². The summed E-state index contributed by atoms with van der Waals surface area (Å²) >= 11 is 0. The molecule has 2 unspecified atom stereocenters. The van der Waals surface area contributed by atoms with Crippen LogP contribution in [0.15, 0.2) is 18.2 Å². The van der Waals surface area contributed by atoms with Gasteiger partial charge >= 0.3 is 0 Å². The summed E-state index contributed by atoms with van der Waals surface area (Å²) in [7, 11) is 0. The summed E-state index contributed by atoms with van der Waals surface area (Å²) in [6, 6.07) is 4.32. The van der Waals surface area contributed by atoms with Crippen LogP contribution in [0.2, 0.25) is 0 Å². The molecular formula is C13H17F2N. The maximum absolute atomic E-state index is 14.7. The second kappa shape index (κ2) is 4.13. The standard InChI is InChI=1S/C13H17F2N/c1-9-5-10(7-11(14)6-9)13(15)4-2-3-12(16)8-13/h5-7,12H,2-4,8,16H2,1H3. The second-order valence-electron chi connectivity index (χ2n) is 4.84. The van der Waals surface area contributed by atoms with E-state index in [9.17, 15) is 8.78 Å². The summed E-state index contributed by atoms with van der Waals surface area (Å²) in [5.41, 5.74) is 5.55. The Hall–Kier alpha value is -0.960. The van der Waals surface area contributed by atoms with Gasteiger partial charge in [0.2, 0.25) is 0 Å². The van der Waals surface area contributed by atoms with E-state index in [0.29, 0.717) is 18.4 Å². The normalized spacial score (nSPS) is 30.4. The number of nitrogens with two attached hydrogens (primary N) is 1. The van der Waals surface area contributed by atoms with E-state index in [4.69, 9.17) is 5.73 Å². The highest BCUT2D eigenvalue weighted by atomic mass is 19.1. The first-order chi connectivity index (χ1) is 7.49. The molecule has 0 spiro atoms. The molecule has 1 aliphatic rings. The van der Waals surface area contributed by atoms with E-state index in [1.54, 1.807) is 13.0 Å². The third-order valence-corrected chi connectivity index (χ3v) is 3.29. The van der Waals surface area contributed by atoms with Crippen LogP contribution in [0.3, 0.4) is 0 Å². The number of benzene rings is 1. The zero-order chi connectivity index (χ0) is 11.8. The maximum Gasteiger partial charge on any atom is 0.137 e. The van der Waals surface area contributed by atoms with Gasteiger partial charge in [0.1, 0.15) is 11.5 Å². The van der Waals surface area contributed by atoms with Crippen LogP contribution in [0.25, 0.3) is 0 Å². The van der Waals surface area contributed by atoms with Crippen LogP contribution < -0.4 is 5.73 Å². The first-order valence-corrected chi connectivity index (χ1v) is 5.72. The van der Waals surface area contributed by atoms with Crippen LogP contribution in [0.1, 0.15) is 36.8 Å². The van der Waals surface area contributed by atoms with Crippen molar-refractivity contribution in [1.82, 2.24) is 0 Å². The van der Waals surface area contributed by atoms with E-state index in [1.165, 1.54) is 12.1 Å². The quantitative estimate of drug-likeness (QED) is 0.780. The minimum absolute atomic E-state index is 0.109. The highest BCUT2D eigenvalue weighted by molar-refractivity contribution is 5.29. The molecule has 1 aliphatic carbocycles. The Labute approximate surface area is 94.7 Å². The molecule has 0 saturated heterocycles. The number of halogens is 2. The summed E-state index contributed by atoms with van der Waals surface area (Å²) in [5, 5.41) is 0. The van der Waals surface area contributed by atoms with Crippen LogP contribution >= 0.6 is 0 Å². The molecule has 1 saturated carbocycles. The molecule has 1 fully saturated rings. The van der Waals surface area contributed by atoms with Crippen molar-refractivity contribution in [1.29, 1.82) is 0 Å². The Morgan fingerprint density at radius 2 is 2.12 bits per heavy atom. The molecule has 3 heteroatoms. The average molecular weight is 225 g/mol. The van der Waals surface area contributed by atoms with Gasteiger partial charge in [-0.1, -0.05) is 6.07 Å². The molecule has 1 aromatic carbocycles. The molecule has 0 heterocycles. The van der Waals surface area contributed by atoms with Crippen molar-refractivity contribution < 1.29 is 8.78 Å². The molecule has 0 aromatic heterocycles. The maximum atomic E-state index is 14.7. The van der Waals surface area contributed by atoms with Crippen molar-refractivity contribution >= 4 is 0 Å². The Kier molecular flexibility index (Phi) is 2.98. The Morgan fingerprint density at radius 3 is 2.75 bits per heavy atom. The van der Waals surface area contributed by atoms with Crippen molar-refractivity contribution in [2.75, 3.05) is 0 Å². The number of hydrogen-bond acceptors (Lipinski definition) is 1. The predicted octanol–water partition coefficient (Wildman–Crippen LogP) is 3.20. The van der Waals surface area contributed by atoms with Gasteiger partial charge in [-0.3, -0.25) is 0 Å². The zero-order valence-corrected chi connectivity index (χ0v) is 9.47. The fourth-order valence-corrected chi connectivity index (χ4v) is 2.52. The molecule has 1 nitrogen and oxygen atoms in total. The highest BCUT2D eigenvalue weighted by Crippen LogP contribution is 2.40. The third kappa shape index (κ3) is 2.24. The lowest BCUT2D eigenvalue weighted by Gasteiger charge is -2.33. The van der Waals surface area contributed by atoms with Gasteiger partial charge < -0.3 is 5.73 Å². The smallest absolute Gasteiger partial charge is 0.137 e. The predicted molar refractivity (Wildman–Crippen MR) is 60.4 cm³/mol. The molecule has 2 atom stereocenters. The molecule has 2 rings (SSSR count). The second-order valence-corrected chi connectivity index (χ2v) is 4.84. The largest absolute Gasteiger partial charge is 0.328 e. The van der Waals surface area contributed by atoms with E-state index in [0.717, 1.165) is 18.4 Å². The van der Waals surface area contributed by atoms with Gasteiger partial charge in [0.15, 0.2) is 0 Å². The van der Waals surface area contributed by atoms with Crippen LogP contribution in [0.5, 0.6) is 0 Å². The van der Waals surface area contributed by atoms with Crippen molar-refractivity contribution in [2.24, 2.45) is 5.73 Å². The van der Waals surface area contributed by atoms with E-state index in [-0.39, 0.29) is 11.9 Å². The summed E-state index contributed by atoms with van der Waals surface area (Å²) in [6.45, 7) is 1.78. The molecule has 16 heavy (non-hydrogen) atoms. The Bertz CT molecular complexity index is 371. The SMILES string of the molecule is Cc1cc(F)cc(C2(F)CCCC(N)C2)c1. The number of rotatable bonds is 1. The van der Waals surface area contributed by atoms with E-state index in [2.05, 4.69) is 0 Å². The molecular weight excluding hydrogens is 208 g/mol. The fourth-order valence-electron chi connectivity index (χ4n) is 2.52. The van der Waals surface area contributed by atoms with Crippen LogP contribution in [0.4, 0.5) is 8.78 Å². The minimum Gasteiger partial charge on any atom is -0.328 e. The van der Waals surface area contributed by atoms with Crippen LogP contribution in [-0.2, 0) is 5.67 Å². The van der Waals surface area contributed by atoms with Crippen LogP contribution in [0, 0.1) is 12.7 Å². The zero-order valence-electron chi connectivity index (χ0n) is 9.47. The summed E-state index contributed by atoms with van der Waals surface area (Å²) in [6.07, 6.45) is 2.38. The van der Waals surface area contributed by atoms with Gasteiger partial charge in [0, 0.05) is 12.5 Å². The van der Waals surface area contributed by atoms with Gasteiger partial charge in [-0.2, -0.15) is 0 Å².